The van der Waals surface area contributed by atoms with Gasteiger partial charge in [0.05, 0.1) is 0 Å². The topological polar surface area (TPSA) is 32.8 Å². The summed E-state index contributed by atoms with van der Waals surface area (Å²) in [5.41, 5.74) is 24.3. The van der Waals surface area contributed by atoms with Crippen LogP contribution in [0.2, 0.25) is 0 Å². The molecule has 0 saturated heterocycles. The van der Waals surface area contributed by atoms with Crippen molar-refractivity contribution in [3.8, 4) is 44.5 Å². The summed E-state index contributed by atoms with van der Waals surface area (Å²) in [6.07, 6.45) is 0. The van der Waals surface area contributed by atoms with Crippen LogP contribution < -0.4 is 15.1 Å². The highest BCUT2D eigenvalue weighted by Gasteiger charge is 2.48. The second kappa shape index (κ2) is 13.4. The molecule has 0 saturated carbocycles. The average Bonchev–Trinajstić information content (AvgIpc) is 3.89. The molecule has 0 spiro atoms. The Labute approximate surface area is 366 Å². The molecule has 2 aliphatic rings. The van der Waals surface area contributed by atoms with Crippen molar-refractivity contribution in [2.24, 2.45) is 0 Å². The van der Waals surface area contributed by atoms with E-state index in [1.54, 1.807) is 0 Å². The monoisotopic (exact) mass is 808 g/mol. The normalized spacial score (nSPS) is 13.0. The summed E-state index contributed by atoms with van der Waals surface area (Å²) in [4.78, 5) is 5.29. The highest BCUT2D eigenvalue weighted by molar-refractivity contribution is 6.86. The number of rotatable bonds is 4. The molecule has 0 fully saturated rings. The number of aryl methyl sites for hydroxylation is 4. The molecule has 4 nitrogen and oxygen atoms in total. The summed E-state index contributed by atoms with van der Waals surface area (Å²) >= 11 is 0. The van der Waals surface area contributed by atoms with Crippen LogP contribution in [0.1, 0.15) is 22.3 Å². The third-order valence-corrected chi connectivity index (χ3v) is 13.7. The number of furan rings is 2. The lowest BCUT2D eigenvalue weighted by Crippen LogP contribution is -2.62. The molecular formula is C58H41BN2O2. The third-order valence-electron chi connectivity index (χ3n) is 13.7. The smallest absolute Gasteiger partial charge is 0.421 e. The molecule has 0 unspecified atom stereocenters. The molecule has 9 aromatic carbocycles. The standard InChI is InChI=1S/C58H41BN2O2/c1-34-14-9-15-35(2)57(34)60-48-30-28-38(40-20-12-26-52-54(40)44-18-5-7-24-50(44)62-52)32-46(48)42-22-11-23-43-47-33-39(41-21-13-27-53-55(41)45-19-6-8-25-51(45)63-53)29-31-49(47)61(59(60)56(42)43)58-36(3)16-10-17-37(58)4/h5-33H,1-4H3. The molecule has 0 atom stereocenters. The van der Waals surface area contributed by atoms with Crippen molar-refractivity contribution in [1.82, 2.24) is 0 Å². The largest absolute Gasteiger partial charge is 0.456 e. The number of para-hydroxylation sites is 4. The Hall–Kier alpha value is -7.76. The fourth-order valence-corrected chi connectivity index (χ4v) is 11.1. The van der Waals surface area contributed by atoms with E-state index in [-0.39, 0.29) is 6.98 Å². The first-order valence-corrected chi connectivity index (χ1v) is 21.9. The van der Waals surface area contributed by atoms with E-state index >= 15 is 0 Å². The SMILES string of the molecule is Cc1cccc(C)c1N1B2c3c(cccc3-c3cc(-c4cccc5oc6ccccc6c45)ccc3N2c2c(C)cccc2C)-c2cc(-c3cccc4oc5ccccc5c34)ccc21. The summed E-state index contributed by atoms with van der Waals surface area (Å²) < 4.78 is 12.8. The van der Waals surface area contributed by atoms with Gasteiger partial charge >= 0.3 is 6.98 Å². The number of benzene rings is 9. The van der Waals surface area contributed by atoms with Crippen LogP contribution in [-0.4, -0.2) is 6.98 Å². The van der Waals surface area contributed by atoms with Crippen molar-refractivity contribution >= 4 is 79.1 Å². The maximum Gasteiger partial charge on any atom is 0.421 e. The van der Waals surface area contributed by atoms with Gasteiger partial charge in [0.25, 0.3) is 0 Å². The van der Waals surface area contributed by atoms with E-state index in [0.717, 1.165) is 55.0 Å². The second-order valence-electron chi connectivity index (χ2n) is 17.4. The zero-order valence-corrected chi connectivity index (χ0v) is 35.5. The zero-order chi connectivity index (χ0) is 42.1. The molecule has 298 valence electrons. The highest BCUT2D eigenvalue weighted by atomic mass is 16.3. The molecule has 0 bridgehead atoms. The molecule has 5 heteroatoms. The van der Waals surface area contributed by atoms with Gasteiger partial charge in [-0.1, -0.05) is 127 Å². The Morgan fingerprint density at radius 1 is 0.349 bits per heavy atom. The van der Waals surface area contributed by atoms with Gasteiger partial charge in [0.1, 0.15) is 22.3 Å². The second-order valence-corrected chi connectivity index (χ2v) is 17.4. The molecule has 0 N–H and O–H groups in total. The molecule has 63 heavy (non-hydrogen) atoms. The van der Waals surface area contributed by atoms with E-state index in [9.17, 15) is 0 Å². The summed E-state index contributed by atoms with van der Waals surface area (Å²) in [5.74, 6) is 0. The zero-order valence-electron chi connectivity index (χ0n) is 35.5. The quantitative estimate of drug-likeness (QED) is 0.166. The first kappa shape index (κ1) is 35.9. The maximum atomic E-state index is 6.41. The summed E-state index contributed by atoms with van der Waals surface area (Å²) in [7, 11) is 0. The molecule has 4 heterocycles. The predicted molar refractivity (Wildman–Crippen MR) is 264 cm³/mol. The molecule has 0 radical (unpaired) electrons. The lowest BCUT2D eigenvalue weighted by molar-refractivity contribution is 0.668. The van der Waals surface area contributed by atoms with Crippen molar-refractivity contribution < 1.29 is 8.83 Å². The first-order chi connectivity index (χ1) is 30.9. The van der Waals surface area contributed by atoms with Crippen molar-refractivity contribution in [2.45, 2.75) is 27.7 Å². The number of fused-ring (bicyclic) bond motifs is 10. The average molecular weight is 809 g/mol. The van der Waals surface area contributed by atoms with Crippen molar-refractivity contribution in [1.29, 1.82) is 0 Å². The van der Waals surface area contributed by atoms with Crippen LogP contribution in [0.15, 0.2) is 185 Å². The van der Waals surface area contributed by atoms with Crippen LogP contribution in [-0.2, 0) is 0 Å². The summed E-state index contributed by atoms with van der Waals surface area (Å²) in [6.45, 7) is 8.85. The molecule has 0 amide bonds. The van der Waals surface area contributed by atoms with Crippen LogP contribution in [0.25, 0.3) is 88.4 Å². The van der Waals surface area contributed by atoms with E-state index < -0.39 is 0 Å². The van der Waals surface area contributed by atoms with Crippen molar-refractivity contribution in [3.63, 3.8) is 0 Å². The number of anilines is 4. The molecule has 11 aromatic rings. The van der Waals surface area contributed by atoms with E-state index in [1.165, 1.54) is 83.8 Å². The van der Waals surface area contributed by atoms with Gasteiger partial charge < -0.3 is 18.5 Å². The van der Waals surface area contributed by atoms with Gasteiger partial charge in [0.15, 0.2) is 0 Å². The van der Waals surface area contributed by atoms with Gasteiger partial charge in [0.2, 0.25) is 0 Å². The summed E-state index contributed by atoms with van der Waals surface area (Å²) in [6, 6.07) is 64.2. The Balaban J connectivity index is 1.12. The predicted octanol–water partition coefficient (Wildman–Crippen LogP) is 15.4. The van der Waals surface area contributed by atoms with Crippen LogP contribution in [0.4, 0.5) is 22.7 Å². The number of nitrogens with zero attached hydrogens (tertiary/aromatic N) is 2. The van der Waals surface area contributed by atoms with Gasteiger partial charge in [0, 0.05) is 55.4 Å². The molecule has 0 aliphatic carbocycles. The van der Waals surface area contributed by atoms with Gasteiger partial charge in [-0.15, -0.1) is 0 Å². The van der Waals surface area contributed by atoms with Crippen LogP contribution >= 0.6 is 0 Å². The first-order valence-electron chi connectivity index (χ1n) is 21.9. The van der Waals surface area contributed by atoms with E-state index in [4.69, 9.17) is 8.83 Å². The lowest BCUT2D eigenvalue weighted by Gasteiger charge is -2.49. The van der Waals surface area contributed by atoms with Crippen LogP contribution in [0.5, 0.6) is 0 Å². The van der Waals surface area contributed by atoms with E-state index in [2.05, 4.69) is 201 Å². The van der Waals surface area contributed by atoms with Crippen LogP contribution in [0, 0.1) is 27.7 Å². The third kappa shape index (κ3) is 5.11. The van der Waals surface area contributed by atoms with Gasteiger partial charge in [-0.3, -0.25) is 0 Å². The Morgan fingerprint density at radius 3 is 1.19 bits per heavy atom. The van der Waals surface area contributed by atoms with E-state index in [0.29, 0.717) is 0 Å². The fourth-order valence-electron chi connectivity index (χ4n) is 11.1. The van der Waals surface area contributed by atoms with Gasteiger partial charge in [-0.05, 0) is 137 Å². The molecule has 13 rings (SSSR count). The Bertz CT molecular complexity index is 3450. The Morgan fingerprint density at radius 2 is 0.730 bits per heavy atom. The summed E-state index contributed by atoms with van der Waals surface area (Å²) in [5, 5.41) is 4.55. The minimum absolute atomic E-state index is 0.185. The van der Waals surface area contributed by atoms with Crippen molar-refractivity contribution in [3.05, 3.63) is 198 Å². The minimum Gasteiger partial charge on any atom is -0.456 e. The highest BCUT2D eigenvalue weighted by Crippen LogP contribution is 2.53. The minimum atomic E-state index is -0.185. The van der Waals surface area contributed by atoms with E-state index in [1.807, 2.05) is 12.1 Å². The Kier molecular flexibility index (Phi) is 7.63. The molecule has 2 aromatic heterocycles. The molecule has 2 aliphatic heterocycles. The fraction of sp³-hybridized carbons (Fsp3) is 0.0690. The number of hydrogen-bond acceptors (Lipinski definition) is 4. The van der Waals surface area contributed by atoms with Gasteiger partial charge in [-0.25, -0.2) is 0 Å². The lowest BCUT2D eigenvalue weighted by atomic mass is 9.53. The van der Waals surface area contributed by atoms with Crippen molar-refractivity contribution in [2.75, 3.05) is 9.62 Å². The van der Waals surface area contributed by atoms with Gasteiger partial charge in [-0.2, -0.15) is 0 Å². The number of hydrogen-bond donors (Lipinski definition) is 0. The maximum absolute atomic E-state index is 6.41. The molecular weight excluding hydrogens is 767 g/mol. The van der Waals surface area contributed by atoms with Crippen LogP contribution in [0.3, 0.4) is 0 Å².